The first-order chi connectivity index (χ1) is 6.73. The standard InChI is InChI=1S/C9H15F3N2O/c1-13(2)8(15)6-4-14(3)5-7(6)9(10,11)12/h6-7H,4-5H2,1-3H3. The summed E-state index contributed by atoms with van der Waals surface area (Å²) in [5, 5.41) is 0. The first kappa shape index (κ1) is 12.3. The molecule has 1 fully saturated rings. The average Bonchev–Trinajstić information content (AvgIpc) is 2.44. The Morgan fingerprint density at radius 3 is 2.27 bits per heavy atom. The lowest BCUT2D eigenvalue weighted by Crippen LogP contribution is -2.39. The quantitative estimate of drug-likeness (QED) is 0.658. The molecule has 6 heteroatoms. The Bertz CT molecular complexity index is 252. The number of amides is 1. The molecule has 1 heterocycles. The first-order valence-electron chi connectivity index (χ1n) is 4.70. The van der Waals surface area contributed by atoms with E-state index >= 15 is 0 Å². The molecule has 1 amide bonds. The van der Waals surface area contributed by atoms with Crippen LogP contribution in [-0.4, -0.2) is 56.1 Å². The SMILES string of the molecule is CN1CC(C(=O)N(C)C)C(C(F)(F)F)C1. The lowest BCUT2D eigenvalue weighted by atomic mass is 9.94. The molecular weight excluding hydrogens is 209 g/mol. The number of hydrogen-bond acceptors (Lipinski definition) is 2. The molecule has 2 unspecified atom stereocenters. The van der Waals surface area contributed by atoms with Gasteiger partial charge in [0.15, 0.2) is 0 Å². The zero-order chi connectivity index (χ0) is 11.8. The van der Waals surface area contributed by atoms with Crippen molar-refractivity contribution in [1.82, 2.24) is 9.80 Å². The van der Waals surface area contributed by atoms with Crippen LogP contribution in [0.3, 0.4) is 0 Å². The summed E-state index contributed by atoms with van der Waals surface area (Å²) in [4.78, 5) is 14.3. The van der Waals surface area contributed by atoms with Gasteiger partial charge < -0.3 is 9.80 Å². The van der Waals surface area contributed by atoms with Crippen LogP contribution in [0, 0.1) is 11.8 Å². The molecule has 0 N–H and O–H groups in total. The van der Waals surface area contributed by atoms with Crippen molar-refractivity contribution in [3.63, 3.8) is 0 Å². The molecule has 0 saturated carbocycles. The monoisotopic (exact) mass is 224 g/mol. The normalized spacial score (nSPS) is 28.1. The minimum absolute atomic E-state index is 0.0895. The van der Waals surface area contributed by atoms with E-state index in [0.29, 0.717) is 0 Å². The fourth-order valence-electron chi connectivity index (χ4n) is 1.91. The molecule has 1 saturated heterocycles. The molecule has 3 nitrogen and oxygen atoms in total. The Hall–Kier alpha value is -0.780. The maximum Gasteiger partial charge on any atom is 0.393 e. The second kappa shape index (κ2) is 4.00. The van der Waals surface area contributed by atoms with Crippen molar-refractivity contribution >= 4 is 5.91 Å². The van der Waals surface area contributed by atoms with Crippen molar-refractivity contribution < 1.29 is 18.0 Å². The largest absolute Gasteiger partial charge is 0.393 e. The third-order valence-electron chi connectivity index (χ3n) is 2.68. The van der Waals surface area contributed by atoms with Crippen LogP contribution in [0.1, 0.15) is 0 Å². The molecule has 0 aromatic rings. The Kier molecular flexibility index (Phi) is 3.28. The minimum atomic E-state index is -4.29. The van der Waals surface area contributed by atoms with E-state index in [9.17, 15) is 18.0 Å². The van der Waals surface area contributed by atoms with Gasteiger partial charge in [-0.05, 0) is 7.05 Å². The van der Waals surface area contributed by atoms with Gasteiger partial charge in [0.2, 0.25) is 5.91 Å². The van der Waals surface area contributed by atoms with Gasteiger partial charge in [0.25, 0.3) is 0 Å². The van der Waals surface area contributed by atoms with Crippen LogP contribution in [0.5, 0.6) is 0 Å². The summed E-state index contributed by atoms with van der Waals surface area (Å²) < 4.78 is 37.8. The topological polar surface area (TPSA) is 23.6 Å². The Labute approximate surface area is 86.8 Å². The second-order valence-electron chi connectivity index (χ2n) is 4.21. The van der Waals surface area contributed by atoms with Crippen LogP contribution in [0.25, 0.3) is 0 Å². The van der Waals surface area contributed by atoms with Crippen molar-refractivity contribution in [2.75, 3.05) is 34.2 Å². The highest BCUT2D eigenvalue weighted by Gasteiger charge is 2.51. The van der Waals surface area contributed by atoms with Gasteiger partial charge in [-0.15, -0.1) is 0 Å². The zero-order valence-corrected chi connectivity index (χ0v) is 9.01. The minimum Gasteiger partial charge on any atom is -0.349 e. The molecule has 88 valence electrons. The first-order valence-corrected chi connectivity index (χ1v) is 4.70. The highest BCUT2D eigenvalue weighted by Crippen LogP contribution is 2.37. The zero-order valence-electron chi connectivity index (χ0n) is 9.01. The number of likely N-dealkylation sites (tertiary alicyclic amines) is 1. The van der Waals surface area contributed by atoms with E-state index < -0.39 is 23.9 Å². The summed E-state index contributed by atoms with van der Waals surface area (Å²) in [5.41, 5.74) is 0. The highest BCUT2D eigenvalue weighted by atomic mass is 19.4. The van der Waals surface area contributed by atoms with Crippen LogP contribution in [0.4, 0.5) is 13.2 Å². The van der Waals surface area contributed by atoms with E-state index in [1.54, 1.807) is 11.9 Å². The summed E-state index contributed by atoms with van der Waals surface area (Å²) in [7, 11) is 4.56. The molecule has 1 aliphatic heterocycles. The van der Waals surface area contributed by atoms with Gasteiger partial charge in [-0.1, -0.05) is 0 Å². The van der Waals surface area contributed by atoms with Crippen LogP contribution in [0.2, 0.25) is 0 Å². The lowest BCUT2D eigenvalue weighted by molar-refractivity contribution is -0.185. The molecular formula is C9H15F3N2O. The number of halogens is 3. The van der Waals surface area contributed by atoms with Crippen molar-refractivity contribution in [3.05, 3.63) is 0 Å². The summed E-state index contributed by atoms with van der Waals surface area (Å²) in [6.45, 7) is 0.0922. The molecule has 0 radical (unpaired) electrons. The predicted molar refractivity (Wildman–Crippen MR) is 49.2 cm³/mol. The van der Waals surface area contributed by atoms with Crippen LogP contribution in [0.15, 0.2) is 0 Å². The number of rotatable bonds is 1. The van der Waals surface area contributed by atoms with Gasteiger partial charge in [-0.2, -0.15) is 13.2 Å². The third-order valence-corrected chi connectivity index (χ3v) is 2.68. The maximum absolute atomic E-state index is 12.6. The Morgan fingerprint density at radius 1 is 1.33 bits per heavy atom. The maximum atomic E-state index is 12.6. The molecule has 0 bridgehead atoms. The summed E-state index contributed by atoms with van der Waals surface area (Å²) in [6.07, 6.45) is -4.29. The highest BCUT2D eigenvalue weighted by molar-refractivity contribution is 5.79. The van der Waals surface area contributed by atoms with Gasteiger partial charge in [0.05, 0.1) is 11.8 Å². The van der Waals surface area contributed by atoms with Gasteiger partial charge in [0, 0.05) is 27.2 Å². The van der Waals surface area contributed by atoms with Gasteiger partial charge >= 0.3 is 6.18 Å². The van der Waals surface area contributed by atoms with Crippen molar-refractivity contribution in [2.24, 2.45) is 11.8 Å². The molecule has 0 aliphatic carbocycles. The molecule has 0 aromatic heterocycles. The van der Waals surface area contributed by atoms with E-state index in [4.69, 9.17) is 0 Å². The number of hydrogen-bond donors (Lipinski definition) is 0. The molecule has 2 atom stereocenters. The number of carbonyl (C=O) groups excluding carboxylic acids is 1. The molecule has 0 aromatic carbocycles. The summed E-state index contributed by atoms with van der Waals surface area (Å²) >= 11 is 0. The van der Waals surface area contributed by atoms with Crippen LogP contribution < -0.4 is 0 Å². The number of nitrogens with zero attached hydrogens (tertiary/aromatic N) is 2. The van der Waals surface area contributed by atoms with Gasteiger partial charge in [-0.3, -0.25) is 4.79 Å². The molecule has 15 heavy (non-hydrogen) atoms. The van der Waals surface area contributed by atoms with Crippen LogP contribution in [-0.2, 0) is 4.79 Å². The second-order valence-corrected chi connectivity index (χ2v) is 4.21. The van der Waals surface area contributed by atoms with E-state index in [0.717, 1.165) is 0 Å². The molecule has 1 aliphatic rings. The Balaban J connectivity index is 2.82. The predicted octanol–water partition coefficient (Wildman–Crippen LogP) is 0.815. The number of carbonyl (C=O) groups is 1. The fourth-order valence-corrected chi connectivity index (χ4v) is 1.91. The van der Waals surface area contributed by atoms with Crippen molar-refractivity contribution in [2.45, 2.75) is 6.18 Å². The fraction of sp³-hybridized carbons (Fsp3) is 0.889. The van der Waals surface area contributed by atoms with E-state index in [1.807, 2.05) is 0 Å². The van der Waals surface area contributed by atoms with Crippen molar-refractivity contribution in [1.29, 1.82) is 0 Å². The summed E-state index contributed by atoms with van der Waals surface area (Å²) in [6, 6.07) is 0. The van der Waals surface area contributed by atoms with Crippen LogP contribution >= 0.6 is 0 Å². The Morgan fingerprint density at radius 2 is 1.87 bits per heavy atom. The van der Waals surface area contributed by atoms with Gasteiger partial charge in [-0.25, -0.2) is 0 Å². The van der Waals surface area contributed by atoms with E-state index in [2.05, 4.69) is 0 Å². The van der Waals surface area contributed by atoms with E-state index in [1.165, 1.54) is 19.0 Å². The van der Waals surface area contributed by atoms with Gasteiger partial charge in [0.1, 0.15) is 0 Å². The third kappa shape index (κ3) is 2.62. The van der Waals surface area contributed by atoms with E-state index in [-0.39, 0.29) is 13.1 Å². The number of alkyl halides is 3. The molecule has 1 rings (SSSR count). The summed E-state index contributed by atoms with van der Waals surface area (Å²) in [5.74, 6) is -2.93. The smallest absolute Gasteiger partial charge is 0.349 e. The average molecular weight is 224 g/mol. The van der Waals surface area contributed by atoms with Crippen molar-refractivity contribution in [3.8, 4) is 0 Å². The lowest BCUT2D eigenvalue weighted by Gasteiger charge is -2.23. The molecule has 0 spiro atoms.